The van der Waals surface area contributed by atoms with Gasteiger partial charge in [-0.05, 0) is 61.9 Å². The number of methoxy groups -OCH3 is 2. The third-order valence-corrected chi connectivity index (χ3v) is 6.69. The topological polar surface area (TPSA) is 94.2 Å². The average Bonchev–Trinajstić information content (AvgIpc) is 2.87. The van der Waals surface area contributed by atoms with Crippen LogP contribution in [0.25, 0.3) is 0 Å². The van der Waals surface area contributed by atoms with Gasteiger partial charge in [0.15, 0.2) is 11.5 Å². The molecule has 3 aromatic rings. The number of anilines is 1. The summed E-state index contributed by atoms with van der Waals surface area (Å²) in [5, 5.41) is 2.80. The van der Waals surface area contributed by atoms with Crippen molar-refractivity contribution >= 4 is 21.8 Å². The van der Waals surface area contributed by atoms with E-state index in [1.54, 1.807) is 44.2 Å². The number of benzene rings is 3. The summed E-state index contributed by atoms with van der Waals surface area (Å²) in [6, 6.07) is 13.9. The van der Waals surface area contributed by atoms with Gasteiger partial charge in [0.1, 0.15) is 10.6 Å². The zero-order valence-corrected chi connectivity index (χ0v) is 21.9. The molecule has 0 aliphatic carbocycles. The molecule has 3 aromatic carbocycles. The van der Waals surface area contributed by atoms with Gasteiger partial charge in [-0.25, -0.2) is 4.79 Å². The highest BCUT2D eigenvalue weighted by Crippen LogP contribution is 2.34. The molecule has 8 nitrogen and oxygen atoms in total. The van der Waals surface area contributed by atoms with Crippen LogP contribution in [0.15, 0.2) is 71.6 Å². The summed E-state index contributed by atoms with van der Waals surface area (Å²) >= 11 is 0. The number of ether oxygens (including phenoxy) is 2. The van der Waals surface area contributed by atoms with Crippen LogP contribution in [0.3, 0.4) is 0 Å². The Morgan fingerprint density at radius 1 is 0.921 bits per heavy atom. The summed E-state index contributed by atoms with van der Waals surface area (Å²) in [7, 11) is -1.87. The van der Waals surface area contributed by atoms with E-state index in [0.29, 0.717) is 23.1 Å². The van der Waals surface area contributed by atoms with Gasteiger partial charge in [0.2, 0.25) is 0 Å². The maximum absolute atomic E-state index is 13.1. The number of nitrogens with one attached hydrogen (secondary N) is 1. The molecule has 204 valence electrons. The van der Waals surface area contributed by atoms with Crippen molar-refractivity contribution in [3.8, 4) is 17.2 Å². The van der Waals surface area contributed by atoms with Crippen molar-refractivity contribution < 1.29 is 40.0 Å². The second-order valence-electron chi connectivity index (χ2n) is 8.40. The van der Waals surface area contributed by atoms with Gasteiger partial charge >= 0.3 is 22.3 Å². The molecule has 12 heteroatoms. The fourth-order valence-corrected chi connectivity index (χ4v) is 4.48. The number of hydrogen-bond donors (Lipinski definition) is 1. The molecule has 38 heavy (non-hydrogen) atoms. The molecular weight excluding hydrogens is 525 g/mol. The predicted molar refractivity (Wildman–Crippen MR) is 135 cm³/mol. The predicted octanol–water partition coefficient (Wildman–Crippen LogP) is 5.93. The molecule has 0 fully saturated rings. The normalized spacial score (nSPS) is 11.7. The molecule has 0 radical (unpaired) electrons. The maximum Gasteiger partial charge on any atom is 0.416 e. The minimum absolute atomic E-state index is 0.0406. The van der Waals surface area contributed by atoms with Crippen LogP contribution in [0.1, 0.15) is 25.0 Å². The van der Waals surface area contributed by atoms with E-state index in [0.717, 1.165) is 18.2 Å². The minimum atomic E-state index is -4.73. The van der Waals surface area contributed by atoms with Gasteiger partial charge in [-0.2, -0.15) is 21.6 Å². The van der Waals surface area contributed by atoms with Crippen molar-refractivity contribution in [2.45, 2.75) is 37.5 Å². The van der Waals surface area contributed by atoms with Crippen LogP contribution in [-0.2, 0) is 22.8 Å². The van der Waals surface area contributed by atoms with Crippen molar-refractivity contribution in [1.29, 1.82) is 0 Å². The van der Waals surface area contributed by atoms with Gasteiger partial charge in [0.05, 0.1) is 25.5 Å². The van der Waals surface area contributed by atoms with E-state index >= 15 is 0 Å². The molecule has 0 spiro atoms. The molecule has 2 amide bonds. The van der Waals surface area contributed by atoms with Crippen LogP contribution in [0.2, 0.25) is 0 Å². The van der Waals surface area contributed by atoms with Gasteiger partial charge in [0, 0.05) is 12.6 Å². The highest BCUT2D eigenvalue weighted by Gasteiger charge is 2.32. The van der Waals surface area contributed by atoms with E-state index in [-0.39, 0.29) is 24.1 Å². The number of nitrogens with zero attached hydrogens (tertiary/aromatic N) is 1. The number of rotatable bonds is 9. The smallest absolute Gasteiger partial charge is 0.416 e. The standard InChI is InChI=1S/C26H27F3N2O6S/c1-17(2)31(25(32)30-21-10-5-6-11-22(21)35-3)16-18-12-13-23(36-4)24(14-18)37-38(33,34)20-9-7-8-19(15-20)26(27,28)29/h5-15,17H,16H2,1-4H3,(H,30,32). The van der Waals surface area contributed by atoms with Gasteiger partial charge in [-0.15, -0.1) is 0 Å². The van der Waals surface area contributed by atoms with E-state index in [9.17, 15) is 26.4 Å². The summed E-state index contributed by atoms with van der Waals surface area (Å²) in [4.78, 5) is 13.9. The molecule has 0 aliphatic rings. The summed E-state index contributed by atoms with van der Waals surface area (Å²) in [5.74, 6) is 0.277. The quantitative estimate of drug-likeness (QED) is 0.331. The lowest BCUT2D eigenvalue weighted by Gasteiger charge is -2.27. The summed E-state index contributed by atoms with van der Waals surface area (Å²) in [5.41, 5.74) is -0.169. The molecule has 0 aromatic heterocycles. The van der Waals surface area contributed by atoms with Crippen molar-refractivity contribution in [3.05, 3.63) is 77.9 Å². The number of alkyl halides is 3. The van der Waals surface area contributed by atoms with Crippen molar-refractivity contribution in [2.24, 2.45) is 0 Å². The van der Waals surface area contributed by atoms with Gasteiger partial charge < -0.3 is 23.9 Å². The van der Waals surface area contributed by atoms with E-state index in [4.69, 9.17) is 13.7 Å². The van der Waals surface area contributed by atoms with Crippen LogP contribution in [-0.4, -0.2) is 39.6 Å². The lowest BCUT2D eigenvalue weighted by molar-refractivity contribution is -0.137. The fraction of sp³-hybridized carbons (Fsp3) is 0.269. The Morgan fingerprint density at radius 2 is 1.61 bits per heavy atom. The van der Waals surface area contributed by atoms with Gasteiger partial charge in [0.25, 0.3) is 0 Å². The highest BCUT2D eigenvalue weighted by molar-refractivity contribution is 7.87. The first-order valence-electron chi connectivity index (χ1n) is 11.3. The second-order valence-corrected chi connectivity index (χ2v) is 9.95. The number of halogens is 3. The summed E-state index contributed by atoms with van der Waals surface area (Å²) < 4.78 is 80.6. The number of amides is 2. The number of carbonyl (C=O) groups excluding carboxylic acids is 1. The monoisotopic (exact) mass is 552 g/mol. The zero-order valence-electron chi connectivity index (χ0n) is 21.1. The summed E-state index contributed by atoms with van der Waals surface area (Å²) in [6.45, 7) is 3.67. The van der Waals surface area contributed by atoms with Crippen LogP contribution >= 0.6 is 0 Å². The van der Waals surface area contributed by atoms with E-state index in [1.165, 1.54) is 31.3 Å². The van der Waals surface area contributed by atoms with Crippen LogP contribution in [0.4, 0.5) is 23.7 Å². The Kier molecular flexibility index (Phi) is 8.77. The fourth-order valence-electron chi connectivity index (χ4n) is 3.50. The number of urea groups is 1. The Hall–Kier alpha value is -3.93. The molecule has 0 heterocycles. The third kappa shape index (κ3) is 6.88. The van der Waals surface area contributed by atoms with Crippen LogP contribution in [0, 0.1) is 0 Å². The molecule has 0 saturated carbocycles. The largest absolute Gasteiger partial charge is 0.495 e. The molecule has 0 atom stereocenters. The third-order valence-electron chi connectivity index (χ3n) is 5.46. The van der Waals surface area contributed by atoms with Crippen LogP contribution < -0.4 is 19.0 Å². The minimum Gasteiger partial charge on any atom is -0.495 e. The van der Waals surface area contributed by atoms with E-state index in [2.05, 4.69) is 5.32 Å². The average molecular weight is 553 g/mol. The number of hydrogen-bond acceptors (Lipinski definition) is 6. The second kappa shape index (κ2) is 11.6. The maximum atomic E-state index is 13.1. The lowest BCUT2D eigenvalue weighted by atomic mass is 10.1. The molecule has 0 aliphatic heterocycles. The molecule has 0 bridgehead atoms. The molecule has 0 saturated heterocycles. The zero-order chi connectivity index (χ0) is 28.1. The Morgan fingerprint density at radius 3 is 2.24 bits per heavy atom. The molecule has 1 N–H and O–H groups in total. The molecular formula is C26H27F3N2O6S. The first-order chi connectivity index (χ1) is 17.9. The SMILES string of the molecule is COc1ccccc1NC(=O)N(Cc1ccc(OC)c(OS(=O)(=O)c2cccc(C(F)(F)F)c2)c1)C(C)C. The summed E-state index contributed by atoms with van der Waals surface area (Å²) in [6.07, 6.45) is -4.73. The first-order valence-corrected chi connectivity index (χ1v) is 12.8. The number of para-hydroxylation sites is 2. The van der Waals surface area contributed by atoms with E-state index < -0.39 is 32.8 Å². The Balaban J connectivity index is 1.88. The number of carbonyl (C=O) groups is 1. The first kappa shape index (κ1) is 28.6. The van der Waals surface area contributed by atoms with E-state index in [1.807, 2.05) is 0 Å². The van der Waals surface area contributed by atoms with Gasteiger partial charge in [-0.1, -0.05) is 24.3 Å². The molecule has 3 rings (SSSR count). The molecule has 0 unspecified atom stereocenters. The highest BCUT2D eigenvalue weighted by atomic mass is 32.2. The Labute approximate surface area is 219 Å². The Bertz CT molecular complexity index is 1390. The van der Waals surface area contributed by atoms with Crippen molar-refractivity contribution in [1.82, 2.24) is 4.90 Å². The van der Waals surface area contributed by atoms with Crippen molar-refractivity contribution in [3.63, 3.8) is 0 Å². The van der Waals surface area contributed by atoms with Crippen LogP contribution in [0.5, 0.6) is 17.2 Å². The van der Waals surface area contributed by atoms with Crippen molar-refractivity contribution in [2.75, 3.05) is 19.5 Å². The van der Waals surface area contributed by atoms with Gasteiger partial charge in [-0.3, -0.25) is 0 Å². The lowest BCUT2D eigenvalue weighted by Crippen LogP contribution is -2.39.